The molecule has 0 bridgehead atoms. The van der Waals surface area contributed by atoms with Gasteiger partial charge in [-0.1, -0.05) is 0 Å². The van der Waals surface area contributed by atoms with Gasteiger partial charge >= 0.3 is 0 Å². The molecule has 0 spiro atoms. The van der Waals surface area contributed by atoms with Crippen LogP contribution >= 0.6 is 28.3 Å². The second-order valence-electron chi connectivity index (χ2n) is 0.0891. The minimum absolute atomic E-state index is 0. The Kier molecular flexibility index (Phi) is 21.8. The molecule has 0 heterocycles. The van der Waals surface area contributed by atoms with Crippen molar-refractivity contribution in [1.82, 2.24) is 0 Å². The molecule has 1 nitrogen and oxygen atoms in total. The molecule has 4 heavy (non-hydrogen) atoms. The van der Waals surface area contributed by atoms with Crippen LogP contribution < -0.4 is 0 Å². The minimum Gasteiger partial charge on any atom is -0.290 e. The third-order valence-electron chi connectivity index (χ3n) is 0. The number of rotatable bonds is 0. The van der Waals surface area contributed by atoms with Crippen molar-refractivity contribution in [2.75, 3.05) is 0 Å². The zero-order valence-electron chi connectivity index (χ0n) is 1.77. The lowest BCUT2D eigenvalue weighted by Gasteiger charge is -1.20. The highest BCUT2D eigenvalue weighted by Crippen LogP contribution is 1.52. The molecule has 0 aliphatic carbocycles. The summed E-state index contributed by atoms with van der Waals surface area (Å²) >= 11 is 2.47. The van der Waals surface area contributed by atoms with Crippen LogP contribution in [0.3, 0.4) is 0 Å². The Morgan fingerprint density at radius 1 is 1.75 bits per heavy atom. The van der Waals surface area contributed by atoms with Crippen LogP contribution in [0.15, 0.2) is 0 Å². The maximum atomic E-state index is 8.72. The normalized spacial score (nSPS) is 3.25. The highest BCUT2D eigenvalue weighted by atomic mass is 79.9. The monoisotopic (exact) mass is 144 g/mol. The number of halogens is 2. The minimum atomic E-state index is 0. The van der Waals surface area contributed by atoms with Crippen LogP contribution in [0.1, 0.15) is 0 Å². The molecule has 0 aliphatic heterocycles. The van der Waals surface area contributed by atoms with E-state index in [1.165, 1.54) is 0 Å². The van der Waals surface area contributed by atoms with E-state index in [0.29, 0.717) is 5.20 Å². The molecule has 0 rings (SSSR count). The van der Waals surface area contributed by atoms with Crippen LogP contribution in [0.5, 0.6) is 0 Å². The lowest BCUT2D eigenvalue weighted by Crippen LogP contribution is -1.22. The van der Waals surface area contributed by atoms with Crippen LogP contribution in [0, 0.1) is 0 Å². The molecule has 0 radical (unpaired) electrons. The molecular formula is CH2BrClO. The molecule has 0 aliphatic rings. The molecule has 0 amide bonds. The average molecular weight is 145 g/mol. The van der Waals surface area contributed by atoms with Crippen molar-refractivity contribution in [3.05, 3.63) is 0 Å². The van der Waals surface area contributed by atoms with Gasteiger partial charge in [0.25, 0.3) is 0 Å². The fourth-order valence-corrected chi connectivity index (χ4v) is 0. The van der Waals surface area contributed by atoms with Crippen LogP contribution in [-0.2, 0) is 4.79 Å². The number of hydrogen-bond acceptors (Lipinski definition) is 1. The zero-order valence-corrected chi connectivity index (χ0v) is 4.17. The van der Waals surface area contributed by atoms with Gasteiger partial charge in [0.2, 0.25) is 0 Å². The highest BCUT2D eigenvalue weighted by molar-refractivity contribution is 9.17. The van der Waals surface area contributed by atoms with Crippen molar-refractivity contribution >= 4 is 33.5 Å². The van der Waals surface area contributed by atoms with Gasteiger partial charge in [0.15, 0.2) is 5.20 Å². The van der Waals surface area contributed by atoms with Crippen LogP contribution in [-0.4, -0.2) is 5.20 Å². The van der Waals surface area contributed by atoms with Gasteiger partial charge in [0.1, 0.15) is 0 Å². The summed E-state index contributed by atoms with van der Waals surface area (Å²) in [6, 6.07) is 0. The van der Waals surface area contributed by atoms with Crippen LogP contribution in [0.25, 0.3) is 0 Å². The first-order valence-electron chi connectivity index (χ1n) is 0.454. The van der Waals surface area contributed by atoms with Gasteiger partial charge in [0, 0.05) is 0 Å². The van der Waals surface area contributed by atoms with E-state index >= 15 is 0 Å². The molecule has 0 fully saturated rings. The van der Waals surface area contributed by atoms with Gasteiger partial charge < -0.3 is 0 Å². The SMILES string of the molecule is Cl.O=CBr. The Balaban J connectivity index is 0. The first-order valence-corrected chi connectivity index (χ1v) is 1.37. The Morgan fingerprint density at radius 2 is 1.75 bits per heavy atom. The van der Waals surface area contributed by atoms with E-state index < -0.39 is 0 Å². The second kappa shape index (κ2) is 9.88. The molecule has 3 heteroatoms. The zero-order chi connectivity index (χ0) is 2.71. The van der Waals surface area contributed by atoms with Crippen molar-refractivity contribution in [1.29, 1.82) is 0 Å². The van der Waals surface area contributed by atoms with E-state index in [0.717, 1.165) is 0 Å². The number of carbonyl (C=O) groups excluding carboxylic acids is 1. The maximum absolute atomic E-state index is 8.72. The predicted molar refractivity (Wildman–Crippen MR) is 22.9 cm³/mol. The maximum Gasteiger partial charge on any atom is 0.185 e. The molecule has 0 aromatic carbocycles. The van der Waals surface area contributed by atoms with Crippen molar-refractivity contribution in [2.45, 2.75) is 0 Å². The van der Waals surface area contributed by atoms with Gasteiger partial charge in [-0.05, 0) is 15.9 Å². The van der Waals surface area contributed by atoms with Gasteiger partial charge in [-0.3, -0.25) is 4.79 Å². The Hall–Kier alpha value is 0.440. The summed E-state index contributed by atoms with van der Waals surface area (Å²) in [7, 11) is 0. The summed E-state index contributed by atoms with van der Waals surface area (Å²) in [6.07, 6.45) is 0. The summed E-state index contributed by atoms with van der Waals surface area (Å²) in [4.78, 5) is 8.72. The van der Waals surface area contributed by atoms with E-state index in [9.17, 15) is 0 Å². The first kappa shape index (κ1) is 8.83. The third-order valence-corrected chi connectivity index (χ3v) is 0. The summed E-state index contributed by atoms with van der Waals surface area (Å²) < 4.78 is 0. The predicted octanol–water partition coefficient (Wildman–Crippen LogP) is 0.993. The van der Waals surface area contributed by atoms with E-state index in [1.807, 2.05) is 0 Å². The average Bonchev–Trinajstić information content (AvgIpc) is 0.918. The quantitative estimate of drug-likeness (QED) is 0.367. The standard InChI is InChI=1S/CHBrO.ClH/c2-1-3;/h1H;1H. The Morgan fingerprint density at radius 3 is 1.75 bits per heavy atom. The van der Waals surface area contributed by atoms with Gasteiger partial charge in [0.05, 0.1) is 0 Å². The first-order chi connectivity index (χ1) is 1.41. The highest BCUT2D eigenvalue weighted by Gasteiger charge is 1.28. The van der Waals surface area contributed by atoms with E-state index in [-0.39, 0.29) is 12.4 Å². The number of carbonyl (C=O) groups is 1. The van der Waals surface area contributed by atoms with Gasteiger partial charge in [-0.25, -0.2) is 0 Å². The molecule has 0 N–H and O–H groups in total. The fraction of sp³-hybridized carbons (Fsp3) is 0. The van der Waals surface area contributed by atoms with Gasteiger partial charge in [-0.2, -0.15) is 0 Å². The van der Waals surface area contributed by atoms with E-state index in [4.69, 9.17) is 4.79 Å². The second-order valence-corrected chi connectivity index (χ2v) is 0.463. The molecule has 0 saturated heterocycles. The smallest absolute Gasteiger partial charge is 0.185 e. The Labute approximate surface area is 38.9 Å². The van der Waals surface area contributed by atoms with E-state index in [2.05, 4.69) is 15.9 Å². The van der Waals surface area contributed by atoms with E-state index in [1.54, 1.807) is 0 Å². The summed E-state index contributed by atoms with van der Waals surface area (Å²) in [5, 5.41) is 0.562. The molecule has 0 aromatic heterocycles. The molecular weight excluding hydrogens is 143 g/mol. The van der Waals surface area contributed by atoms with Crippen molar-refractivity contribution < 1.29 is 4.79 Å². The number of hydrogen-bond donors (Lipinski definition) is 0. The molecule has 26 valence electrons. The lowest BCUT2D eigenvalue weighted by molar-refractivity contribution is 0.571. The largest absolute Gasteiger partial charge is 0.290 e. The van der Waals surface area contributed by atoms with Crippen molar-refractivity contribution in [3.63, 3.8) is 0 Å². The van der Waals surface area contributed by atoms with Crippen LogP contribution in [0.2, 0.25) is 0 Å². The van der Waals surface area contributed by atoms with Gasteiger partial charge in [-0.15, -0.1) is 12.4 Å². The topological polar surface area (TPSA) is 17.1 Å². The summed E-state index contributed by atoms with van der Waals surface area (Å²) in [6.45, 7) is 0. The van der Waals surface area contributed by atoms with Crippen molar-refractivity contribution in [2.24, 2.45) is 0 Å². The lowest BCUT2D eigenvalue weighted by atomic mass is 11.9. The third kappa shape index (κ3) is 26.1. The molecule has 0 saturated carbocycles. The summed E-state index contributed by atoms with van der Waals surface area (Å²) in [5.41, 5.74) is 0. The van der Waals surface area contributed by atoms with Crippen molar-refractivity contribution in [3.8, 4) is 0 Å². The molecule has 0 unspecified atom stereocenters. The Bertz CT molecular complexity index is 15.5. The molecule has 0 aromatic rings. The fourth-order valence-electron chi connectivity index (χ4n) is 0. The molecule has 0 atom stereocenters. The van der Waals surface area contributed by atoms with Crippen LogP contribution in [0.4, 0.5) is 0 Å². The summed E-state index contributed by atoms with van der Waals surface area (Å²) in [5.74, 6) is 0.